The number of benzene rings is 1. The number of fused-ring (bicyclic) bond motifs is 1. The fraction of sp³-hybridized carbons (Fsp3) is 0.143. The fourth-order valence-electron chi connectivity index (χ4n) is 2.33. The van der Waals surface area contributed by atoms with E-state index in [1.165, 1.54) is 12.1 Å². The number of sulfone groups is 1. The molecule has 9 heteroatoms. The SMILES string of the molecule is Cc1[nH]n2c(=O)c(S)c(CCl)nc2c1S(=O)(=O)c1ccccc1. The Morgan fingerprint density at radius 2 is 1.96 bits per heavy atom. The second-order valence-electron chi connectivity index (χ2n) is 4.89. The van der Waals surface area contributed by atoms with Gasteiger partial charge < -0.3 is 0 Å². The predicted octanol–water partition coefficient (Wildman–Crippen LogP) is 2.19. The summed E-state index contributed by atoms with van der Waals surface area (Å²) in [4.78, 5) is 16.7. The van der Waals surface area contributed by atoms with Crippen molar-refractivity contribution in [1.82, 2.24) is 14.6 Å². The molecule has 1 aromatic carbocycles. The Bertz CT molecular complexity index is 1060. The Morgan fingerprint density at radius 3 is 2.57 bits per heavy atom. The molecule has 3 aromatic rings. The van der Waals surface area contributed by atoms with Crippen LogP contribution in [0.3, 0.4) is 0 Å². The number of rotatable bonds is 3. The Labute approximate surface area is 142 Å². The number of alkyl halides is 1. The van der Waals surface area contributed by atoms with E-state index >= 15 is 0 Å². The number of nitrogens with zero attached hydrogens (tertiary/aromatic N) is 2. The van der Waals surface area contributed by atoms with Gasteiger partial charge in [0.25, 0.3) is 5.56 Å². The maximum atomic E-state index is 12.9. The highest BCUT2D eigenvalue weighted by Crippen LogP contribution is 2.27. The van der Waals surface area contributed by atoms with Crippen molar-refractivity contribution < 1.29 is 8.42 Å². The number of hydrogen-bond donors (Lipinski definition) is 2. The summed E-state index contributed by atoms with van der Waals surface area (Å²) in [6.07, 6.45) is 0. The minimum Gasteiger partial charge on any atom is -0.293 e. The molecule has 1 N–H and O–H groups in total. The summed E-state index contributed by atoms with van der Waals surface area (Å²) in [5.41, 5.74) is 0.0813. The molecule has 6 nitrogen and oxygen atoms in total. The number of aryl methyl sites for hydroxylation is 1. The van der Waals surface area contributed by atoms with Gasteiger partial charge in [-0.2, -0.15) is 4.52 Å². The molecule has 0 radical (unpaired) electrons. The molecule has 0 saturated carbocycles. The highest BCUT2D eigenvalue weighted by atomic mass is 35.5. The molecule has 0 atom stereocenters. The number of thiol groups is 1. The molecule has 0 unspecified atom stereocenters. The summed E-state index contributed by atoms with van der Waals surface area (Å²) in [5.74, 6) is -0.0420. The Morgan fingerprint density at radius 1 is 1.30 bits per heavy atom. The highest BCUT2D eigenvalue weighted by molar-refractivity contribution is 7.91. The van der Waals surface area contributed by atoms with Gasteiger partial charge in [-0.3, -0.25) is 9.89 Å². The van der Waals surface area contributed by atoms with Crippen molar-refractivity contribution in [3.63, 3.8) is 0 Å². The van der Waals surface area contributed by atoms with Crippen LogP contribution in [0.15, 0.2) is 49.8 Å². The van der Waals surface area contributed by atoms with E-state index in [-0.39, 0.29) is 31.9 Å². The van der Waals surface area contributed by atoms with Gasteiger partial charge in [0.05, 0.1) is 27.1 Å². The first-order chi connectivity index (χ1) is 10.9. The van der Waals surface area contributed by atoms with E-state index in [0.29, 0.717) is 5.69 Å². The topological polar surface area (TPSA) is 84.3 Å². The van der Waals surface area contributed by atoms with Gasteiger partial charge in [-0.25, -0.2) is 13.4 Å². The van der Waals surface area contributed by atoms with Crippen LogP contribution in [0, 0.1) is 6.92 Å². The summed E-state index contributed by atoms with van der Waals surface area (Å²) in [5, 5.41) is 2.73. The normalized spacial score (nSPS) is 12.0. The molecule has 2 heterocycles. The third kappa shape index (κ3) is 2.46. The molecule has 120 valence electrons. The number of hydrogen-bond acceptors (Lipinski definition) is 5. The van der Waals surface area contributed by atoms with Crippen LogP contribution < -0.4 is 5.56 Å². The van der Waals surface area contributed by atoms with Crippen molar-refractivity contribution in [1.29, 1.82) is 0 Å². The zero-order chi connectivity index (χ0) is 16.8. The van der Waals surface area contributed by atoms with Crippen molar-refractivity contribution in [3.05, 3.63) is 52.1 Å². The van der Waals surface area contributed by atoms with Gasteiger partial charge >= 0.3 is 0 Å². The third-order valence-corrected chi connectivity index (χ3v) is 6.03. The fourth-order valence-corrected chi connectivity index (χ4v) is 4.42. The van der Waals surface area contributed by atoms with Gasteiger partial charge in [0.15, 0.2) is 5.65 Å². The van der Waals surface area contributed by atoms with E-state index in [2.05, 4.69) is 22.7 Å². The highest BCUT2D eigenvalue weighted by Gasteiger charge is 2.27. The van der Waals surface area contributed by atoms with E-state index in [4.69, 9.17) is 11.6 Å². The zero-order valence-corrected chi connectivity index (χ0v) is 14.4. The van der Waals surface area contributed by atoms with Crippen molar-refractivity contribution in [3.8, 4) is 0 Å². The van der Waals surface area contributed by atoms with Crippen LogP contribution in [-0.2, 0) is 15.7 Å². The number of H-pyrrole nitrogens is 1. The summed E-state index contributed by atoms with van der Waals surface area (Å²) in [6, 6.07) is 7.97. The van der Waals surface area contributed by atoms with Gasteiger partial charge in [-0.05, 0) is 19.1 Å². The lowest BCUT2D eigenvalue weighted by Gasteiger charge is -2.05. The van der Waals surface area contributed by atoms with Crippen LogP contribution in [0.5, 0.6) is 0 Å². The Kier molecular flexibility index (Phi) is 3.99. The van der Waals surface area contributed by atoms with Gasteiger partial charge in [0.1, 0.15) is 4.90 Å². The quantitative estimate of drug-likeness (QED) is 0.547. The standard InChI is InChI=1S/C14H12ClN3O3S2/c1-8-12(23(20,21)9-5-3-2-4-6-9)13-16-10(7-15)11(22)14(19)18(13)17-8/h2-6,17,22H,7H2,1H3. The zero-order valence-electron chi connectivity index (χ0n) is 11.9. The van der Waals surface area contributed by atoms with Crippen molar-refractivity contribution in [2.24, 2.45) is 0 Å². The smallest absolute Gasteiger partial charge is 0.286 e. The van der Waals surface area contributed by atoms with Crippen molar-refractivity contribution in [2.45, 2.75) is 27.5 Å². The number of aromatic amines is 1. The molecule has 0 aliphatic heterocycles. The molecule has 23 heavy (non-hydrogen) atoms. The van der Waals surface area contributed by atoms with Gasteiger partial charge in [-0.1, -0.05) is 18.2 Å². The van der Waals surface area contributed by atoms with Crippen LogP contribution in [0.4, 0.5) is 0 Å². The first kappa shape index (κ1) is 16.1. The number of aromatic nitrogens is 3. The molecule has 0 aliphatic carbocycles. The summed E-state index contributed by atoms with van der Waals surface area (Å²) >= 11 is 9.88. The first-order valence-electron chi connectivity index (χ1n) is 6.57. The van der Waals surface area contributed by atoms with Crippen LogP contribution in [0.1, 0.15) is 11.4 Å². The summed E-state index contributed by atoms with van der Waals surface area (Å²) < 4.78 is 26.9. The minimum absolute atomic E-state index is 0.0183. The van der Waals surface area contributed by atoms with E-state index in [1.54, 1.807) is 25.1 Å². The van der Waals surface area contributed by atoms with E-state index in [9.17, 15) is 13.2 Å². The predicted molar refractivity (Wildman–Crippen MR) is 89.3 cm³/mol. The molecule has 3 rings (SSSR count). The number of halogens is 1. The molecule has 0 bridgehead atoms. The monoisotopic (exact) mass is 369 g/mol. The largest absolute Gasteiger partial charge is 0.293 e. The summed E-state index contributed by atoms with van der Waals surface area (Å²) in [6.45, 7) is 1.57. The maximum absolute atomic E-state index is 12.9. The van der Waals surface area contributed by atoms with E-state index in [0.717, 1.165) is 4.52 Å². The molecule has 0 amide bonds. The maximum Gasteiger partial charge on any atom is 0.286 e. The Hall–Kier alpha value is -1.77. The van der Waals surface area contributed by atoms with E-state index in [1.807, 2.05) is 0 Å². The van der Waals surface area contributed by atoms with Gasteiger partial charge in [0, 0.05) is 0 Å². The lowest BCUT2D eigenvalue weighted by atomic mass is 10.4. The average Bonchev–Trinajstić information content (AvgIpc) is 2.88. The van der Waals surface area contributed by atoms with Crippen LogP contribution in [-0.4, -0.2) is 23.0 Å². The molecule has 0 spiro atoms. The molecule has 2 aromatic heterocycles. The van der Waals surface area contributed by atoms with Crippen LogP contribution in [0.25, 0.3) is 5.65 Å². The molecule has 0 aliphatic rings. The first-order valence-corrected chi connectivity index (χ1v) is 9.03. The van der Waals surface area contributed by atoms with Gasteiger partial charge in [0.2, 0.25) is 9.84 Å². The van der Waals surface area contributed by atoms with Crippen LogP contribution in [0.2, 0.25) is 0 Å². The minimum atomic E-state index is -3.83. The molecule has 0 fully saturated rings. The van der Waals surface area contributed by atoms with Crippen LogP contribution >= 0.6 is 24.2 Å². The molecular formula is C14H12ClN3O3S2. The molecular weight excluding hydrogens is 358 g/mol. The van der Waals surface area contributed by atoms with Gasteiger partial charge in [-0.15, -0.1) is 24.2 Å². The number of nitrogens with one attached hydrogen (secondary N) is 1. The van der Waals surface area contributed by atoms with E-state index < -0.39 is 15.4 Å². The Balaban J connectivity index is 2.42. The second-order valence-corrected chi connectivity index (χ2v) is 7.49. The van der Waals surface area contributed by atoms with Crippen molar-refractivity contribution >= 4 is 39.7 Å². The third-order valence-electron chi connectivity index (χ3n) is 3.40. The summed E-state index contributed by atoms with van der Waals surface area (Å²) in [7, 11) is -3.83. The molecule has 0 saturated heterocycles. The average molecular weight is 370 g/mol. The second kappa shape index (κ2) is 5.70. The lowest BCUT2D eigenvalue weighted by Crippen LogP contribution is -2.19. The lowest BCUT2D eigenvalue weighted by molar-refractivity contribution is 0.596. The van der Waals surface area contributed by atoms with Crippen molar-refractivity contribution in [2.75, 3.05) is 0 Å².